The van der Waals surface area contributed by atoms with Gasteiger partial charge in [-0.2, -0.15) is 0 Å². The van der Waals surface area contributed by atoms with Gasteiger partial charge in [-0.1, -0.05) is 12.1 Å². The number of unbranched alkanes of at least 4 members (excludes halogenated alkanes) is 1. The second-order valence-corrected chi connectivity index (χ2v) is 7.37. The number of hydrogen-bond donors (Lipinski definition) is 2. The molecule has 0 spiro atoms. The van der Waals surface area contributed by atoms with Crippen LogP contribution in [0.25, 0.3) is 21.5 Å². The molecule has 2 heterocycles. The molecule has 3 aromatic rings. The first-order valence-corrected chi connectivity index (χ1v) is 8.81. The van der Waals surface area contributed by atoms with E-state index in [4.69, 9.17) is 5.73 Å². The molecule has 2 nitrogen and oxygen atoms in total. The van der Waals surface area contributed by atoms with Gasteiger partial charge in [-0.3, -0.25) is 0 Å². The zero-order valence-corrected chi connectivity index (χ0v) is 14.4. The summed E-state index contributed by atoms with van der Waals surface area (Å²) in [5, 5.41) is 1.41. The fourth-order valence-electron chi connectivity index (χ4n) is 3.16. The van der Waals surface area contributed by atoms with E-state index in [1.807, 2.05) is 11.3 Å². The average Bonchev–Trinajstić information content (AvgIpc) is 3.08. The maximum absolute atomic E-state index is 5.68. The van der Waals surface area contributed by atoms with Crippen LogP contribution in [-0.2, 0) is 6.42 Å². The Morgan fingerprint density at radius 2 is 1.77 bits per heavy atom. The minimum atomic E-state index is 0.772. The van der Waals surface area contributed by atoms with Crippen molar-refractivity contribution in [3.8, 4) is 10.6 Å². The minimum Gasteiger partial charge on any atom is -0.353 e. The standard InChI is InChI=1S/C19H24N2S/c1-12-7-8-13(2)18-17(12)15(6-4-5-11-20)19(21-18)16-10-9-14(3)22-16/h7-10,21H,4-6,11,20H2,1-3H3. The lowest BCUT2D eigenvalue weighted by molar-refractivity contribution is 0.748. The van der Waals surface area contributed by atoms with Gasteiger partial charge in [-0.25, -0.2) is 0 Å². The van der Waals surface area contributed by atoms with Crippen molar-refractivity contribution < 1.29 is 0 Å². The molecule has 3 heteroatoms. The number of rotatable bonds is 5. The number of benzene rings is 1. The number of hydrogen-bond acceptors (Lipinski definition) is 2. The fourth-order valence-corrected chi connectivity index (χ4v) is 4.06. The summed E-state index contributed by atoms with van der Waals surface area (Å²) >= 11 is 1.87. The molecule has 0 aliphatic carbocycles. The number of nitrogens with one attached hydrogen (secondary N) is 1. The lowest BCUT2D eigenvalue weighted by atomic mass is 9.99. The molecule has 0 aliphatic rings. The molecule has 2 aromatic heterocycles. The van der Waals surface area contributed by atoms with Gasteiger partial charge in [0.15, 0.2) is 0 Å². The topological polar surface area (TPSA) is 41.8 Å². The van der Waals surface area contributed by atoms with Crippen molar-refractivity contribution in [2.24, 2.45) is 5.73 Å². The van der Waals surface area contributed by atoms with Gasteiger partial charge >= 0.3 is 0 Å². The normalized spacial score (nSPS) is 11.5. The lowest BCUT2D eigenvalue weighted by Crippen LogP contribution is -1.99. The predicted molar refractivity (Wildman–Crippen MR) is 97.8 cm³/mol. The predicted octanol–water partition coefficient (Wildman–Crippen LogP) is 5.10. The van der Waals surface area contributed by atoms with Crippen LogP contribution in [0.15, 0.2) is 24.3 Å². The van der Waals surface area contributed by atoms with E-state index in [0.29, 0.717) is 0 Å². The minimum absolute atomic E-state index is 0.772. The number of aryl methyl sites for hydroxylation is 4. The first-order valence-electron chi connectivity index (χ1n) is 7.99. The third-order valence-electron chi connectivity index (χ3n) is 4.34. The Balaban J connectivity index is 2.19. The number of aromatic nitrogens is 1. The molecule has 0 fully saturated rings. The Morgan fingerprint density at radius 3 is 2.45 bits per heavy atom. The Labute approximate surface area is 136 Å². The zero-order chi connectivity index (χ0) is 15.7. The maximum atomic E-state index is 5.68. The van der Waals surface area contributed by atoms with Gasteiger partial charge in [-0.15, -0.1) is 11.3 Å². The highest BCUT2D eigenvalue weighted by Gasteiger charge is 2.16. The number of thiophene rings is 1. The summed E-state index contributed by atoms with van der Waals surface area (Å²) < 4.78 is 0. The molecule has 0 radical (unpaired) electrons. The molecule has 0 saturated heterocycles. The van der Waals surface area contributed by atoms with Crippen LogP contribution < -0.4 is 5.73 Å². The number of nitrogens with two attached hydrogens (primary N) is 1. The third-order valence-corrected chi connectivity index (χ3v) is 5.36. The number of fused-ring (bicyclic) bond motifs is 1. The van der Waals surface area contributed by atoms with E-state index >= 15 is 0 Å². The van der Waals surface area contributed by atoms with Gasteiger partial charge in [-0.05, 0) is 75.4 Å². The van der Waals surface area contributed by atoms with Gasteiger partial charge in [0, 0.05) is 15.8 Å². The second kappa shape index (κ2) is 6.27. The number of H-pyrrole nitrogens is 1. The molecule has 0 saturated carbocycles. The molecule has 0 amide bonds. The van der Waals surface area contributed by atoms with E-state index in [2.05, 4.69) is 50.0 Å². The van der Waals surface area contributed by atoms with Gasteiger partial charge < -0.3 is 10.7 Å². The molecular weight excluding hydrogens is 288 g/mol. The smallest absolute Gasteiger partial charge is 0.0599 e. The SMILES string of the molecule is Cc1ccc(-c2[nH]c3c(C)ccc(C)c3c2CCCCN)s1. The zero-order valence-electron chi connectivity index (χ0n) is 13.6. The Kier molecular flexibility index (Phi) is 4.37. The molecule has 3 N–H and O–H groups in total. The van der Waals surface area contributed by atoms with Crippen molar-refractivity contribution in [1.82, 2.24) is 4.98 Å². The Morgan fingerprint density at radius 1 is 1.00 bits per heavy atom. The summed E-state index contributed by atoms with van der Waals surface area (Å²) in [5.74, 6) is 0. The van der Waals surface area contributed by atoms with Crippen LogP contribution in [0.3, 0.4) is 0 Å². The number of aromatic amines is 1. The molecular formula is C19H24N2S. The van der Waals surface area contributed by atoms with E-state index in [0.717, 1.165) is 25.8 Å². The van der Waals surface area contributed by atoms with Crippen molar-refractivity contribution in [2.45, 2.75) is 40.0 Å². The van der Waals surface area contributed by atoms with Crippen LogP contribution in [0.2, 0.25) is 0 Å². The highest BCUT2D eigenvalue weighted by Crippen LogP contribution is 2.37. The molecule has 116 valence electrons. The van der Waals surface area contributed by atoms with E-state index in [9.17, 15) is 0 Å². The maximum Gasteiger partial charge on any atom is 0.0599 e. The van der Waals surface area contributed by atoms with E-state index in [1.54, 1.807) is 0 Å². The largest absolute Gasteiger partial charge is 0.353 e. The third kappa shape index (κ3) is 2.71. The van der Waals surface area contributed by atoms with E-state index in [1.165, 1.54) is 43.0 Å². The molecule has 3 rings (SSSR count). The first-order chi connectivity index (χ1) is 10.6. The van der Waals surface area contributed by atoms with Crippen LogP contribution in [0.1, 0.15) is 34.4 Å². The highest BCUT2D eigenvalue weighted by atomic mass is 32.1. The molecule has 0 atom stereocenters. The van der Waals surface area contributed by atoms with Crippen LogP contribution in [0.5, 0.6) is 0 Å². The van der Waals surface area contributed by atoms with E-state index in [-0.39, 0.29) is 0 Å². The van der Waals surface area contributed by atoms with Gasteiger partial charge in [0.1, 0.15) is 0 Å². The second-order valence-electron chi connectivity index (χ2n) is 6.08. The summed E-state index contributed by atoms with van der Waals surface area (Å²) in [4.78, 5) is 6.41. The van der Waals surface area contributed by atoms with Crippen molar-refractivity contribution in [2.75, 3.05) is 6.54 Å². The van der Waals surface area contributed by atoms with Crippen LogP contribution >= 0.6 is 11.3 Å². The summed E-state index contributed by atoms with van der Waals surface area (Å²) in [6, 6.07) is 8.89. The summed E-state index contributed by atoms with van der Waals surface area (Å²) in [6.07, 6.45) is 3.32. The molecule has 1 aromatic carbocycles. The van der Waals surface area contributed by atoms with Crippen LogP contribution in [-0.4, -0.2) is 11.5 Å². The Hall–Kier alpha value is -1.58. The summed E-state index contributed by atoms with van der Waals surface area (Å²) in [6.45, 7) is 7.34. The van der Waals surface area contributed by atoms with E-state index < -0.39 is 0 Å². The molecule has 0 aliphatic heterocycles. The van der Waals surface area contributed by atoms with Crippen molar-refractivity contribution in [1.29, 1.82) is 0 Å². The molecule has 0 bridgehead atoms. The monoisotopic (exact) mass is 312 g/mol. The van der Waals surface area contributed by atoms with Gasteiger partial charge in [0.2, 0.25) is 0 Å². The van der Waals surface area contributed by atoms with Crippen molar-refractivity contribution in [3.63, 3.8) is 0 Å². The highest BCUT2D eigenvalue weighted by molar-refractivity contribution is 7.15. The lowest BCUT2D eigenvalue weighted by Gasteiger charge is -2.05. The van der Waals surface area contributed by atoms with Gasteiger partial charge in [0.05, 0.1) is 10.6 Å². The Bertz CT molecular complexity index is 795. The van der Waals surface area contributed by atoms with Crippen LogP contribution in [0, 0.1) is 20.8 Å². The average molecular weight is 312 g/mol. The first kappa shape index (κ1) is 15.3. The molecule has 22 heavy (non-hydrogen) atoms. The fraction of sp³-hybridized carbons (Fsp3) is 0.368. The quantitative estimate of drug-likeness (QED) is 0.632. The summed E-state index contributed by atoms with van der Waals surface area (Å²) in [7, 11) is 0. The van der Waals surface area contributed by atoms with Crippen molar-refractivity contribution >= 4 is 22.2 Å². The van der Waals surface area contributed by atoms with Crippen molar-refractivity contribution in [3.05, 3.63) is 45.8 Å². The molecule has 0 unspecified atom stereocenters. The van der Waals surface area contributed by atoms with Crippen LogP contribution in [0.4, 0.5) is 0 Å². The summed E-state index contributed by atoms with van der Waals surface area (Å²) in [5.41, 5.74) is 12.4. The van der Waals surface area contributed by atoms with Gasteiger partial charge in [0.25, 0.3) is 0 Å².